The van der Waals surface area contributed by atoms with Crippen LogP contribution in [0.5, 0.6) is 0 Å². The second-order valence-corrected chi connectivity index (χ2v) is 5.23. The first-order chi connectivity index (χ1) is 8.05. The molecule has 0 radical (unpaired) electrons. The summed E-state index contributed by atoms with van der Waals surface area (Å²) >= 11 is 0. The molecule has 0 aromatic carbocycles. The minimum absolute atomic E-state index is 0.168. The molecule has 2 atom stereocenters. The maximum absolute atomic E-state index is 12.0. The number of methoxy groups -OCH3 is 1. The van der Waals surface area contributed by atoms with Gasteiger partial charge in [-0.2, -0.15) is 0 Å². The SMILES string of the molecule is C#CCNC1(C(=O)OC)CCCC(C(C)C)C1. The van der Waals surface area contributed by atoms with Gasteiger partial charge in [0.15, 0.2) is 0 Å². The molecule has 1 fully saturated rings. The Balaban J connectivity index is 2.82. The van der Waals surface area contributed by atoms with Crippen molar-refractivity contribution in [1.82, 2.24) is 5.32 Å². The van der Waals surface area contributed by atoms with Crippen LogP contribution in [0.2, 0.25) is 0 Å². The van der Waals surface area contributed by atoms with Gasteiger partial charge >= 0.3 is 5.97 Å². The molecule has 96 valence electrons. The number of hydrogen-bond donors (Lipinski definition) is 1. The van der Waals surface area contributed by atoms with E-state index in [1.165, 1.54) is 13.5 Å². The van der Waals surface area contributed by atoms with E-state index in [0.29, 0.717) is 18.4 Å². The van der Waals surface area contributed by atoms with Crippen molar-refractivity contribution in [2.75, 3.05) is 13.7 Å². The van der Waals surface area contributed by atoms with E-state index in [1.54, 1.807) is 0 Å². The maximum atomic E-state index is 12.0. The van der Waals surface area contributed by atoms with E-state index in [-0.39, 0.29) is 5.97 Å². The fraction of sp³-hybridized carbons (Fsp3) is 0.786. The predicted molar refractivity (Wildman–Crippen MR) is 68.4 cm³/mol. The Hall–Kier alpha value is -1.01. The summed E-state index contributed by atoms with van der Waals surface area (Å²) in [5.41, 5.74) is -0.561. The Kier molecular flexibility index (Phi) is 5.02. The van der Waals surface area contributed by atoms with Crippen molar-refractivity contribution in [3.8, 4) is 12.3 Å². The molecule has 0 bridgehead atoms. The molecule has 0 aromatic rings. The summed E-state index contributed by atoms with van der Waals surface area (Å²) in [5, 5.41) is 3.21. The molecule has 0 amide bonds. The molecule has 17 heavy (non-hydrogen) atoms. The lowest BCUT2D eigenvalue weighted by Gasteiger charge is -2.40. The van der Waals surface area contributed by atoms with Gasteiger partial charge in [0.2, 0.25) is 0 Å². The summed E-state index contributed by atoms with van der Waals surface area (Å²) in [7, 11) is 1.45. The van der Waals surface area contributed by atoms with Gasteiger partial charge in [0.1, 0.15) is 5.54 Å². The molecule has 1 aliphatic carbocycles. The van der Waals surface area contributed by atoms with E-state index in [1.807, 2.05) is 0 Å². The Labute approximate surface area is 104 Å². The first kappa shape index (κ1) is 14.1. The van der Waals surface area contributed by atoms with Crippen LogP contribution in [0, 0.1) is 24.2 Å². The Morgan fingerprint density at radius 1 is 1.65 bits per heavy atom. The van der Waals surface area contributed by atoms with Crippen molar-refractivity contribution in [3.05, 3.63) is 0 Å². The molecule has 1 rings (SSSR count). The third-order valence-electron chi connectivity index (χ3n) is 3.84. The lowest BCUT2D eigenvalue weighted by molar-refractivity contribution is -0.151. The van der Waals surface area contributed by atoms with Gasteiger partial charge in [-0.25, -0.2) is 0 Å². The predicted octanol–water partition coefficient (Wildman–Crippen LogP) is 1.97. The standard InChI is InChI=1S/C14H23NO2/c1-5-9-15-14(13(16)17-4)8-6-7-12(10-14)11(2)3/h1,11-12,15H,6-10H2,2-4H3. The van der Waals surface area contributed by atoms with Gasteiger partial charge in [0.05, 0.1) is 13.7 Å². The lowest BCUT2D eigenvalue weighted by atomic mass is 9.71. The topological polar surface area (TPSA) is 38.3 Å². The van der Waals surface area contributed by atoms with Gasteiger partial charge in [-0.05, 0) is 24.7 Å². The first-order valence-electron chi connectivity index (χ1n) is 6.32. The number of nitrogens with one attached hydrogen (secondary N) is 1. The molecule has 0 spiro atoms. The van der Waals surface area contributed by atoms with Crippen molar-refractivity contribution in [2.45, 2.75) is 45.1 Å². The molecular weight excluding hydrogens is 214 g/mol. The lowest BCUT2D eigenvalue weighted by Crippen LogP contribution is -2.56. The minimum atomic E-state index is -0.561. The zero-order valence-corrected chi connectivity index (χ0v) is 11.1. The molecule has 0 saturated heterocycles. The van der Waals surface area contributed by atoms with E-state index < -0.39 is 5.54 Å². The van der Waals surface area contributed by atoms with Crippen molar-refractivity contribution in [1.29, 1.82) is 0 Å². The zero-order valence-electron chi connectivity index (χ0n) is 11.1. The molecule has 3 heteroatoms. The van der Waals surface area contributed by atoms with Crippen molar-refractivity contribution < 1.29 is 9.53 Å². The number of ether oxygens (including phenoxy) is 1. The minimum Gasteiger partial charge on any atom is -0.468 e. The van der Waals surface area contributed by atoms with Crippen molar-refractivity contribution >= 4 is 5.97 Å². The van der Waals surface area contributed by atoms with Crippen LogP contribution in [0.1, 0.15) is 39.5 Å². The number of hydrogen-bond acceptors (Lipinski definition) is 3. The molecule has 0 heterocycles. The Bertz CT molecular complexity index is 306. The highest BCUT2D eigenvalue weighted by molar-refractivity contribution is 5.81. The largest absolute Gasteiger partial charge is 0.468 e. The van der Waals surface area contributed by atoms with Gasteiger partial charge in [-0.3, -0.25) is 10.1 Å². The number of esters is 1. The Morgan fingerprint density at radius 2 is 2.35 bits per heavy atom. The Morgan fingerprint density at radius 3 is 2.88 bits per heavy atom. The average molecular weight is 237 g/mol. The van der Waals surface area contributed by atoms with Crippen LogP contribution >= 0.6 is 0 Å². The molecular formula is C14H23NO2. The van der Waals surface area contributed by atoms with Gasteiger partial charge in [0.25, 0.3) is 0 Å². The fourth-order valence-electron chi connectivity index (χ4n) is 2.72. The van der Waals surface area contributed by atoms with Crippen molar-refractivity contribution in [2.24, 2.45) is 11.8 Å². The summed E-state index contributed by atoms with van der Waals surface area (Å²) < 4.78 is 4.95. The van der Waals surface area contributed by atoms with E-state index in [2.05, 4.69) is 25.1 Å². The summed E-state index contributed by atoms with van der Waals surface area (Å²) in [6.45, 7) is 4.83. The van der Waals surface area contributed by atoms with Crippen LogP contribution in [-0.2, 0) is 9.53 Å². The highest BCUT2D eigenvalue weighted by Gasteiger charge is 2.43. The number of terminal acetylenes is 1. The smallest absolute Gasteiger partial charge is 0.326 e. The molecule has 1 aliphatic rings. The van der Waals surface area contributed by atoms with Crippen LogP contribution < -0.4 is 5.32 Å². The van der Waals surface area contributed by atoms with E-state index in [0.717, 1.165) is 19.3 Å². The highest BCUT2D eigenvalue weighted by atomic mass is 16.5. The normalized spacial score (nSPS) is 28.8. The molecule has 1 saturated carbocycles. The van der Waals surface area contributed by atoms with Crippen LogP contribution in [-0.4, -0.2) is 25.2 Å². The summed E-state index contributed by atoms with van der Waals surface area (Å²) in [6.07, 6.45) is 9.17. The monoisotopic (exact) mass is 237 g/mol. The van der Waals surface area contributed by atoms with E-state index in [9.17, 15) is 4.79 Å². The molecule has 3 nitrogen and oxygen atoms in total. The summed E-state index contributed by atoms with van der Waals surface area (Å²) in [4.78, 5) is 12.0. The van der Waals surface area contributed by atoms with Crippen LogP contribution in [0.4, 0.5) is 0 Å². The van der Waals surface area contributed by atoms with E-state index >= 15 is 0 Å². The van der Waals surface area contributed by atoms with Gasteiger partial charge < -0.3 is 4.74 Å². The number of carbonyl (C=O) groups excluding carboxylic acids is 1. The highest BCUT2D eigenvalue weighted by Crippen LogP contribution is 2.37. The zero-order chi connectivity index (χ0) is 12.9. The van der Waals surface area contributed by atoms with Gasteiger partial charge in [-0.15, -0.1) is 6.42 Å². The van der Waals surface area contributed by atoms with Gasteiger partial charge in [-0.1, -0.05) is 32.6 Å². The van der Waals surface area contributed by atoms with Gasteiger partial charge in [0, 0.05) is 0 Å². The van der Waals surface area contributed by atoms with Crippen LogP contribution in [0.15, 0.2) is 0 Å². The molecule has 0 aliphatic heterocycles. The average Bonchev–Trinajstić information content (AvgIpc) is 2.35. The summed E-state index contributed by atoms with van der Waals surface area (Å²) in [5.74, 6) is 3.53. The second kappa shape index (κ2) is 6.07. The first-order valence-corrected chi connectivity index (χ1v) is 6.32. The van der Waals surface area contributed by atoms with E-state index in [4.69, 9.17) is 11.2 Å². The second-order valence-electron chi connectivity index (χ2n) is 5.23. The molecule has 2 unspecified atom stereocenters. The number of rotatable bonds is 4. The fourth-order valence-corrected chi connectivity index (χ4v) is 2.72. The molecule has 0 aromatic heterocycles. The third kappa shape index (κ3) is 3.23. The maximum Gasteiger partial charge on any atom is 0.326 e. The van der Waals surface area contributed by atoms with Crippen LogP contribution in [0.3, 0.4) is 0 Å². The summed E-state index contributed by atoms with van der Waals surface area (Å²) in [6, 6.07) is 0. The van der Waals surface area contributed by atoms with Crippen molar-refractivity contribution in [3.63, 3.8) is 0 Å². The third-order valence-corrected chi connectivity index (χ3v) is 3.84. The number of carbonyl (C=O) groups is 1. The molecule has 1 N–H and O–H groups in total. The van der Waals surface area contributed by atoms with Crippen LogP contribution in [0.25, 0.3) is 0 Å². The quantitative estimate of drug-likeness (QED) is 0.600.